The van der Waals surface area contributed by atoms with Gasteiger partial charge in [0.1, 0.15) is 0 Å². The molecule has 0 amide bonds. The second kappa shape index (κ2) is 4.77. The average molecular weight is 246 g/mol. The number of benzene rings is 1. The molecule has 94 valence electrons. The molecule has 0 aliphatic carbocycles. The molecule has 0 saturated carbocycles. The molecule has 1 rings (SSSR count). The molecule has 17 heavy (non-hydrogen) atoms. The van der Waals surface area contributed by atoms with Crippen LogP contribution in [0.2, 0.25) is 0 Å². The van der Waals surface area contributed by atoms with Gasteiger partial charge >= 0.3 is 5.97 Å². The number of carboxylic acids is 1. The molecule has 1 N–H and O–H groups in total. The van der Waals surface area contributed by atoms with Gasteiger partial charge in [-0.2, -0.15) is 0 Å². The van der Waals surface area contributed by atoms with Crippen LogP contribution in [0.1, 0.15) is 31.1 Å². The van der Waals surface area contributed by atoms with E-state index in [4.69, 9.17) is 5.11 Å². The van der Waals surface area contributed by atoms with Crippen LogP contribution in [0.4, 0.5) is 13.2 Å². The minimum Gasteiger partial charge on any atom is -0.481 e. The highest BCUT2D eigenvalue weighted by atomic mass is 19.3. The van der Waals surface area contributed by atoms with Gasteiger partial charge in [0.15, 0.2) is 6.17 Å². The molecule has 0 aliphatic heterocycles. The molecule has 0 saturated heterocycles. The zero-order valence-electron chi connectivity index (χ0n) is 9.45. The smallest absolute Gasteiger partial charge is 0.313 e. The fourth-order valence-electron chi connectivity index (χ4n) is 1.35. The lowest BCUT2D eigenvalue weighted by Crippen LogP contribution is -2.28. The van der Waals surface area contributed by atoms with Crippen molar-refractivity contribution < 1.29 is 23.1 Å². The third-order valence-corrected chi connectivity index (χ3v) is 2.71. The highest BCUT2D eigenvalue weighted by Gasteiger charge is 2.30. The summed E-state index contributed by atoms with van der Waals surface area (Å²) in [6, 6.07) is 5.10. The Morgan fingerprint density at radius 3 is 2.00 bits per heavy atom. The van der Waals surface area contributed by atoms with Crippen molar-refractivity contribution in [1.82, 2.24) is 0 Å². The fourth-order valence-corrected chi connectivity index (χ4v) is 1.35. The summed E-state index contributed by atoms with van der Waals surface area (Å²) in [6.45, 7) is 2.98. The lowest BCUT2D eigenvalue weighted by atomic mass is 9.84. The summed E-state index contributed by atoms with van der Waals surface area (Å²) < 4.78 is 37.2. The van der Waals surface area contributed by atoms with Crippen molar-refractivity contribution in [1.29, 1.82) is 0 Å². The van der Waals surface area contributed by atoms with Crippen molar-refractivity contribution in [3.05, 3.63) is 35.4 Å². The molecule has 1 unspecified atom stereocenters. The lowest BCUT2D eigenvalue weighted by Gasteiger charge is -2.20. The van der Waals surface area contributed by atoms with Gasteiger partial charge < -0.3 is 5.11 Å². The van der Waals surface area contributed by atoms with Crippen molar-refractivity contribution >= 4 is 5.97 Å². The monoisotopic (exact) mass is 246 g/mol. The highest BCUT2D eigenvalue weighted by Crippen LogP contribution is 2.28. The number of rotatable bonds is 4. The highest BCUT2D eigenvalue weighted by molar-refractivity contribution is 5.80. The molecular formula is C12H13F3O2. The van der Waals surface area contributed by atoms with E-state index in [0.29, 0.717) is 5.56 Å². The summed E-state index contributed by atoms with van der Waals surface area (Å²) in [5.74, 6) is -1.03. The molecule has 0 radical (unpaired) electrons. The van der Waals surface area contributed by atoms with Crippen molar-refractivity contribution in [3.8, 4) is 0 Å². The standard InChI is InChI=1S/C12H13F3O2/c1-12(2,11(16)17)8-5-3-7(4-6-8)9(13)10(14)15/h3-6,9-10H,1-2H3,(H,16,17). The first kappa shape index (κ1) is 13.5. The van der Waals surface area contributed by atoms with E-state index in [-0.39, 0.29) is 5.56 Å². The van der Waals surface area contributed by atoms with E-state index in [1.807, 2.05) is 0 Å². The molecule has 1 aromatic carbocycles. The van der Waals surface area contributed by atoms with Gasteiger partial charge in [0, 0.05) is 0 Å². The zero-order chi connectivity index (χ0) is 13.2. The Balaban J connectivity index is 3.00. The number of carbonyl (C=O) groups is 1. The van der Waals surface area contributed by atoms with Crippen LogP contribution in [0.15, 0.2) is 24.3 Å². The van der Waals surface area contributed by atoms with Crippen LogP contribution in [0.25, 0.3) is 0 Å². The first-order valence-electron chi connectivity index (χ1n) is 5.03. The maximum Gasteiger partial charge on any atom is 0.313 e. The Morgan fingerprint density at radius 2 is 1.65 bits per heavy atom. The Morgan fingerprint density at radius 1 is 1.18 bits per heavy atom. The molecule has 0 fully saturated rings. The van der Waals surface area contributed by atoms with Crippen molar-refractivity contribution in [2.75, 3.05) is 0 Å². The molecule has 5 heteroatoms. The molecule has 0 aliphatic rings. The van der Waals surface area contributed by atoms with Crippen molar-refractivity contribution in [2.45, 2.75) is 31.9 Å². The van der Waals surface area contributed by atoms with Gasteiger partial charge in [-0.1, -0.05) is 24.3 Å². The quantitative estimate of drug-likeness (QED) is 0.884. The first-order chi connectivity index (χ1) is 7.76. The van der Waals surface area contributed by atoms with E-state index in [2.05, 4.69) is 0 Å². The molecule has 0 heterocycles. The van der Waals surface area contributed by atoms with E-state index in [0.717, 1.165) is 0 Å². The van der Waals surface area contributed by atoms with Crippen molar-refractivity contribution in [2.24, 2.45) is 0 Å². The van der Waals surface area contributed by atoms with Crippen LogP contribution >= 0.6 is 0 Å². The molecule has 1 atom stereocenters. The van der Waals surface area contributed by atoms with Gasteiger partial charge in [0.2, 0.25) is 0 Å². The van der Waals surface area contributed by atoms with Crippen LogP contribution in [0, 0.1) is 0 Å². The SMILES string of the molecule is CC(C)(C(=O)O)c1ccc(C(F)C(F)F)cc1. The number of aliphatic carboxylic acids is 1. The van der Waals surface area contributed by atoms with Gasteiger partial charge in [-0.05, 0) is 25.0 Å². The summed E-state index contributed by atoms with van der Waals surface area (Å²) in [5, 5.41) is 8.97. The molecule has 2 nitrogen and oxygen atoms in total. The first-order valence-corrected chi connectivity index (χ1v) is 5.03. The average Bonchev–Trinajstić information content (AvgIpc) is 2.27. The predicted molar refractivity (Wildman–Crippen MR) is 57.0 cm³/mol. The summed E-state index contributed by atoms with van der Waals surface area (Å²) in [7, 11) is 0. The third kappa shape index (κ3) is 2.78. The van der Waals surface area contributed by atoms with E-state index >= 15 is 0 Å². The number of halogens is 3. The lowest BCUT2D eigenvalue weighted by molar-refractivity contribution is -0.142. The van der Waals surface area contributed by atoms with Crippen LogP contribution in [0.3, 0.4) is 0 Å². The number of alkyl halides is 3. The van der Waals surface area contributed by atoms with Gasteiger partial charge in [-0.25, -0.2) is 13.2 Å². The predicted octanol–water partition coefficient (Wildman–Crippen LogP) is 3.32. The zero-order valence-corrected chi connectivity index (χ0v) is 9.45. The maximum absolute atomic E-state index is 13.0. The van der Waals surface area contributed by atoms with Crippen LogP contribution in [0.5, 0.6) is 0 Å². The van der Waals surface area contributed by atoms with Gasteiger partial charge in [-0.15, -0.1) is 0 Å². The summed E-state index contributed by atoms with van der Waals surface area (Å²) in [5.41, 5.74) is -0.838. The van der Waals surface area contributed by atoms with E-state index in [1.165, 1.54) is 38.1 Å². The molecular weight excluding hydrogens is 233 g/mol. The largest absolute Gasteiger partial charge is 0.481 e. The topological polar surface area (TPSA) is 37.3 Å². The number of hydrogen-bond acceptors (Lipinski definition) is 1. The second-order valence-electron chi connectivity index (χ2n) is 4.29. The molecule has 0 bridgehead atoms. The van der Waals surface area contributed by atoms with Gasteiger partial charge in [0.25, 0.3) is 6.43 Å². The molecule has 1 aromatic rings. The van der Waals surface area contributed by atoms with E-state index < -0.39 is 24.0 Å². The van der Waals surface area contributed by atoms with E-state index in [9.17, 15) is 18.0 Å². The van der Waals surface area contributed by atoms with Crippen LogP contribution in [-0.4, -0.2) is 17.5 Å². The van der Waals surface area contributed by atoms with E-state index in [1.54, 1.807) is 0 Å². The van der Waals surface area contributed by atoms with Crippen molar-refractivity contribution in [3.63, 3.8) is 0 Å². The number of carboxylic acid groups (broad SMARTS) is 1. The Hall–Kier alpha value is -1.52. The Kier molecular flexibility index (Phi) is 3.80. The second-order valence-corrected chi connectivity index (χ2v) is 4.29. The normalized spacial score (nSPS) is 13.8. The summed E-state index contributed by atoms with van der Waals surface area (Å²) in [6.07, 6.45) is -5.41. The van der Waals surface area contributed by atoms with Crippen LogP contribution in [-0.2, 0) is 10.2 Å². The van der Waals surface area contributed by atoms with Gasteiger partial charge in [0.05, 0.1) is 5.41 Å². The molecule has 0 aromatic heterocycles. The number of hydrogen-bond donors (Lipinski definition) is 1. The van der Waals surface area contributed by atoms with Gasteiger partial charge in [-0.3, -0.25) is 4.79 Å². The van der Waals surface area contributed by atoms with Crippen LogP contribution < -0.4 is 0 Å². The minimum absolute atomic E-state index is 0.148. The summed E-state index contributed by atoms with van der Waals surface area (Å²) >= 11 is 0. The summed E-state index contributed by atoms with van der Waals surface area (Å²) in [4.78, 5) is 11.0. The maximum atomic E-state index is 13.0. The minimum atomic E-state index is -3.08. The Labute approximate surface area is 97.1 Å². The third-order valence-electron chi connectivity index (χ3n) is 2.71. The molecule has 0 spiro atoms. The Bertz CT molecular complexity index is 399. The fraction of sp³-hybridized carbons (Fsp3) is 0.417.